The number of hydrogen-bond acceptors (Lipinski definition) is 6. The molecular weight excluding hydrogens is 428 g/mol. The number of aryl methyl sites for hydroxylation is 1. The van der Waals surface area contributed by atoms with Crippen molar-refractivity contribution in [3.63, 3.8) is 0 Å². The fourth-order valence-corrected chi connectivity index (χ4v) is 5.52. The lowest BCUT2D eigenvalue weighted by atomic mass is 10.2. The van der Waals surface area contributed by atoms with Crippen LogP contribution in [0.5, 0.6) is 0 Å². The van der Waals surface area contributed by atoms with E-state index >= 15 is 0 Å². The molecule has 168 valence electrons. The van der Waals surface area contributed by atoms with E-state index in [2.05, 4.69) is 9.64 Å². The van der Waals surface area contributed by atoms with Crippen molar-refractivity contribution < 1.29 is 17.9 Å². The molecule has 0 amide bonds. The summed E-state index contributed by atoms with van der Waals surface area (Å²) >= 11 is 0. The van der Waals surface area contributed by atoms with Crippen LogP contribution >= 0.6 is 0 Å². The van der Waals surface area contributed by atoms with E-state index in [0.29, 0.717) is 31.7 Å². The fraction of sp³-hybridized carbons (Fsp3) is 0.304. The van der Waals surface area contributed by atoms with Crippen molar-refractivity contribution in [3.05, 3.63) is 71.5 Å². The summed E-state index contributed by atoms with van der Waals surface area (Å²) in [5.74, 6) is -0.496. The molecule has 4 rings (SSSR count). The van der Waals surface area contributed by atoms with E-state index < -0.39 is 16.0 Å². The van der Waals surface area contributed by atoms with Crippen molar-refractivity contribution in [1.29, 1.82) is 0 Å². The number of carbonyl (C=O) groups is 1. The molecule has 0 spiro atoms. The van der Waals surface area contributed by atoms with Crippen molar-refractivity contribution in [2.45, 2.75) is 18.7 Å². The van der Waals surface area contributed by atoms with Crippen LogP contribution in [0.15, 0.2) is 59.5 Å². The lowest BCUT2D eigenvalue weighted by Gasteiger charge is -2.35. The Morgan fingerprint density at radius 2 is 1.56 bits per heavy atom. The number of benzene rings is 2. The number of esters is 1. The molecule has 8 nitrogen and oxygen atoms in total. The highest BCUT2D eigenvalue weighted by atomic mass is 32.2. The molecule has 2 aromatic carbocycles. The molecule has 2 heterocycles. The van der Waals surface area contributed by atoms with Crippen LogP contribution in [-0.2, 0) is 14.8 Å². The standard InChI is InChI=1S/C23H26N4O4S/c1-17-22(18(2)27(24-17)20-7-5-4-6-8-20)25-13-15-26(16-14-25)32(29,30)21-11-9-19(10-12-21)23(28)31-3/h4-12H,13-16H2,1-3H3. The Morgan fingerprint density at radius 3 is 2.16 bits per heavy atom. The molecule has 1 aliphatic heterocycles. The van der Waals surface area contributed by atoms with Crippen molar-refractivity contribution in [1.82, 2.24) is 14.1 Å². The van der Waals surface area contributed by atoms with E-state index in [9.17, 15) is 13.2 Å². The van der Waals surface area contributed by atoms with Crippen molar-refractivity contribution >= 4 is 21.7 Å². The number of methoxy groups -OCH3 is 1. The summed E-state index contributed by atoms with van der Waals surface area (Å²) in [6, 6.07) is 15.8. The first kappa shape index (κ1) is 22.0. The summed E-state index contributed by atoms with van der Waals surface area (Å²) in [7, 11) is -2.35. The molecule has 1 saturated heterocycles. The van der Waals surface area contributed by atoms with E-state index in [4.69, 9.17) is 5.10 Å². The van der Waals surface area contributed by atoms with Gasteiger partial charge in [0.05, 0.1) is 40.3 Å². The van der Waals surface area contributed by atoms with Crippen LogP contribution in [0.1, 0.15) is 21.7 Å². The number of sulfonamides is 1. The number of para-hydroxylation sites is 1. The molecule has 0 N–H and O–H groups in total. The first-order valence-electron chi connectivity index (χ1n) is 10.4. The summed E-state index contributed by atoms with van der Waals surface area (Å²) in [5, 5.41) is 4.71. The van der Waals surface area contributed by atoms with Gasteiger partial charge in [-0.2, -0.15) is 9.40 Å². The van der Waals surface area contributed by atoms with Gasteiger partial charge in [0.25, 0.3) is 0 Å². The Labute approximate surface area is 188 Å². The first-order valence-corrected chi connectivity index (χ1v) is 11.8. The third-order valence-corrected chi connectivity index (χ3v) is 7.63. The van der Waals surface area contributed by atoms with Gasteiger partial charge in [-0.05, 0) is 50.2 Å². The second-order valence-electron chi connectivity index (χ2n) is 7.67. The number of nitrogens with zero attached hydrogens (tertiary/aromatic N) is 4. The highest BCUT2D eigenvalue weighted by molar-refractivity contribution is 7.89. The van der Waals surface area contributed by atoms with E-state index in [0.717, 1.165) is 22.8 Å². The lowest BCUT2D eigenvalue weighted by molar-refractivity contribution is 0.0600. The molecule has 9 heteroatoms. The second-order valence-corrected chi connectivity index (χ2v) is 9.61. The van der Waals surface area contributed by atoms with Gasteiger partial charge in [-0.25, -0.2) is 17.9 Å². The number of rotatable bonds is 5. The van der Waals surface area contributed by atoms with Crippen LogP contribution < -0.4 is 4.90 Å². The van der Waals surface area contributed by atoms with Gasteiger partial charge in [0.2, 0.25) is 10.0 Å². The van der Waals surface area contributed by atoms with Crippen LogP contribution in [0.25, 0.3) is 5.69 Å². The Bertz CT molecular complexity index is 1210. The van der Waals surface area contributed by atoms with E-state index in [1.54, 1.807) is 0 Å². The molecule has 0 aliphatic carbocycles. The van der Waals surface area contributed by atoms with Crippen LogP contribution in [-0.4, -0.2) is 61.8 Å². The summed E-state index contributed by atoms with van der Waals surface area (Å²) in [6.07, 6.45) is 0. The predicted octanol–water partition coefficient (Wildman–Crippen LogP) is 2.79. The maximum Gasteiger partial charge on any atom is 0.337 e. The smallest absolute Gasteiger partial charge is 0.337 e. The lowest BCUT2D eigenvalue weighted by Crippen LogP contribution is -2.49. The highest BCUT2D eigenvalue weighted by Crippen LogP contribution is 2.29. The molecule has 1 aliphatic rings. The van der Waals surface area contributed by atoms with Crippen LogP contribution in [0.4, 0.5) is 5.69 Å². The first-order chi connectivity index (χ1) is 15.3. The average molecular weight is 455 g/mol. The molecule has 0 bridgehead atoms. The number of anilines is 1. The van der Waals surface area contributed by atoms with E-state index in [1.165, 1.54) is 35.7 Å². The third-order valence-electron chi connectivity index (χ3n) is 5.72. The molecule has 0 saturated carbocycles. The minimum atomic E-state index is -3.64. The minimum Gasteiger partial charge on any atom is -0.465 e. The van der Waals surface area contributed by atoms with Crippen molar-refractivity contribution in [3.8, 4) is 5.69 Å². The van der Waals surface area contributed by atoms with E-state index in [1.807, 2.05) is 48.9 Å². The zero-order valence-electron chi connectivity index (χ0n) is 18.4. The number of ether oxygens (including phenoxy) is 1. The molecule has 0 atom stereocenters. The number of aromatic nitrogens is 2. The molecule has 0 unspecified atom stereocenters. The van der Waals surface area contributed by atoms with Gasteiger partial charge >= 0.3 is 5.97 Å². The van der Waals surface area contributed by atoms with E-state index in [-0.39, 0.29) is 4.90 Å². The molecule has 0 radical (unpaired) electrons. The largest absolute Gasteiger partial charge is 0.465 e. The minimum absolute atomic E-state index is 0.169. The van der Waals surface area contributed by atoms with Gasteiger partial charge in [-0.3, -0.25) is 0 Å². The van der Waals surface area contributed by atoms with Crippen LogP contribution in [0.2, 0.25) is 0 Å². The second kappa shape index (κ2) is 8.76. The fourth-order valence-electron chi connectivity index (χ4n) is 4.09. The Balaban J connectivity index is 1.50. The summed E-state index contributed by atoms with van der Waals surface area (Å²) < 4.78 is 34.2. The third kappa shape index (κ3) is 4.01. The molecule has 3 aromatic rings. The van der Waals surface area contributed by atoms with Gasteiger partial charge in [0.15, 0.2) is 0 Å². The maximum absolute atomic E-state index is 13.1. The summed E-state index contributed by atoms with van der Waals surface area (Å²) in [5.41, 5.74) is 4.31. The average Bonchev–Trinajstić information content (AvgIpc) is 3.13. The zero-order chi connectivity index (χ0) is 22.9. The zero-order valence-corrected chi connectivity index (χ0v) is 19.2. The normalized spacial score (nSPS) is 15.0. The Kier molecular flexibility index (Phi) is 6.03. The summed E-state index contributed by atoms with van der Waals surface area (Å²) in [4.78, 5) is 14.0. The summed E-state index contributed by atoms with van der Waals surface area (Å²) in [6.45, 7) is 5.90. The number of carbonyl (C=O) groups excluding carboxylic acids is 1. The van der Waals surface area contributed by atoms with Gasteiger partial charge in [0, 0.05) is 26.2 Å². The molecule has 1 aromatic heterocycles. The highest BCUT2D eigenvalue weighted by Gasteiger charge is 2.30. The molecule has 32 heavy (non-hydrogen) atoms. The van der Waals surface area contributed by atoms with Crippen molar-refractivity contribution in [2.75, 3.05) is 38.2 Å². The van der Waals surface area contributed by atoms with Crippen LogP contribution in [0, 0.1) is 13.8 Å². The quantitative estimate of drug-likeness (QED) is 0.551. The Hall–Kier alpha value is -3.17. The van der Waals surface area contributed by atoms with Gasteiger partial charge in [0.1, 0.15) is 0 Å². The Morgan fingerprint density at radius 1 is 0.938 bits per heavy atom. The van der Waals surface area contributed by atoms with Crippen molar-refractivity contribution in [2.24, 2.45) is 0 Å². The molecule has 1 fully saturated rings. The number of hydrogen-bond donors (Lipinski definition) is 0. The van der Waals surface area contributed by atoms with Crippen LogP contribution in [0.3, 0.4) is 0 Å². The topological polar surface area (TPSA) is 84.7 Å². The predicted molar refractivity (Wildman–Crippen MR) is 122 cm³/mol. The monoisotopic (exact) mass is 454 g/mol. The van der Waals surface area contributed by atoms with Gasteiger partial charge < -0.3 is 9.64 Å². The molecular formula is C23H26N4O4S. The van der Waals surface area contributed by atoms with Gasteiger partial charge in [-0.15, -0.1) is 0 Å². The van der Waals surface area contributed by atoms with Gasteiger partial charge in [-0.1, -0.05) is 18.2 Å². The maximum atomic E-state index is 13.1. The number of piperazine rings is 1. The SMILES string of the molecule is COC(=O)c1ccc(S(=O)(=O)N2CCN(c3c(C)nn(-c4ccccc4)c3C)CC2)cc1.